The standard InChI is InChI=1S/C11H15F2NO4/c1-6(2)9-10(11(15)16)18-8(14-9)3-4-17-5-7(12)13/h6-7H,3-5H2,1-2H3,(H,15,16). The Hall–Kier alpha value is -1.50. The van der Waals surface area contributed by atoms with Crippen molar-refractivity contribution in [3.63, 3.8) is 0 Å². The highest BCUT2D eigenvalue weighted by molar-refractivity contribution is 5.85. The van der Waals surface area contributed by atoms with Crippen molar-refractivity contribution in [1.29, 1.82) is 0 Å². The highest BCUT2D eigenvalue weighted by atomic mass is 19.3. The van der Waals surface area contributed by atoms with Gasteiger partial charge < -0.3 is 14.3 Å². The zero-order valence-electron chi connectivity index (χ0n) is 10.2. The zero-order chi connectivity index (χ0) is 13.7. The lowest BCUT2D eigenvalue weighted by Gasteiger charge is -2.00. The predicted octanol–water partition coefficient (Wildman–Crippen LogP) is 2.32. The predicted molar refractivity (Wildman–Crippen MR) is 58.1 cm³/mol. The molecule has 0 saturated heterocycles. The molecule has 0 bridgehead atoms. The van der Waals surface area contributed by atoms with Gasteiger partial charge in [-0.05, 0) is 5.92 Å². The molecule has 5 nitrogen and oxygen atoms in total. The molecule has 0 amide bonds. The second-order valence-corrected chi connectivity index (χ2v) is 4.00. The first kappa shape index (κ1) is 14.6. The fourth-order valence-electron chi connectivity index (χ4n) is 1.36. The van der Waals surface area contributed by atoms with Crippen LogP contribution in [0.15, 0.2) is 4.42 Å². The summed E-state index contributed by atoms with van der Waals surface area (Å²) < 4.78 is 33.3. The summed E-state index contributed by atoms with van der Waals surface area (Å²) in [6.07, 6.45) is -2.35. The lowest BCUT2D eigenvalue weighted by molar-refractivity contribution is 0.0173. The van der Waals surface area contributed by atoms with E-state index in [4.69, 9.17) is 9.52 Å². The van der Waals surface area contributed by atoms with Gasteiger partial charge in [0.25, 0.3) is 6.43 Å². The summed E-state index contributed by atoms with van der Waals surface area (Å²) in [6, 6.07) is 0. The molecular formula is C11H15F2NO4. The highest BCUT2D eigenvalue weighted by Gasteiger charge is 2.21. The SMILES string of the molecule is CC(C)c1nc(CCOCC(F)F)oc1C(=O)O. The second kappa shape index (κ2) is 6.44. The fourth-order valence-corrected chi connectivity index (χ4v) is 1.36. The molecule has 1 rings (SSSR count). The van der Waals surface area contributed by atoms with Crippen LogP contribution >= 0.6 is 0 Å². The van der Waals surface area contributed by atoms with Crippen LogP contribution in [0.5, 0.6) is 0 Å². The van der Waals surface area contributed by atoms with Crippen molar-refractivity contribution in [2.24, 2.45) is 0 Å². The number of hydrogen-bond donors (Lipinski definition) is 1. The van der Waals surface area contributed by atoms with Gasteiger partial charge in [0, 0.05) is 6.42 Å². The first-order valence-electron chi connectivity index (χ1n) is 5.50. The zero-order valence-corrected chi connectivity index (χ0v) is 10.2. The van der Waals surface area contributed by atoms with Crippen molar-refractivity contribution < 1.29 is 27.8 Å². The number of ether oxygens (including phenoxy) is 1. The molecule has 0 aliphatic heterocycles. The van der Waals surface area contributed by atoms with E-state index in [9.17, 15) is 13.6 Å². The smallest absolute Gasteiger partial charge is 0.373 e. The van der Waals surface area contributed by atoms with Crippen LogP contribution in [0, 0.1) is 0 Å². The van der Waals surface area contributed by atoms with Gasteiger partial charge >= 0.3 is 5.97 Å². The van der Waals surface area contributed by atoms with Gasteiger partial charge in [0.05, 0.1) is 12.3 Å². The minimum Gasteiger partial charge on any atom is -0.475 e. The number of carboxylic acid groups (broad SMARTS) is 1. The average Bonchev–Trinajstić information content (AvgIpc) is 2.68. The lowest BCUT2D eigenvalue weighted by atomic mass is 10.1. The maximum Gasteiger partial charge on any atom is 0.373 e. The number of alkyl halides is 2. The molecule has 0 aliphatic carbocycles. The minimum atomic E-state index is -2.52. The molecule has 7 heteroatoms. The Labute approximate surface area is 103 Å². The summed E-state index contributed by atoms with van der Waals surface area (Å²) in [7, 11) is 0. The third-order valence-electron chi connectivity index (χ3n) is 2.14. The molecule has 102 valence electrons. The molecule has 0 radical (unpaired) electrons. The minimum absolute atomic E-state index is 0.0153. The molecule has 0 fully saturated rings. The third-order valence-corrected chi connectivity index (χ3v) is 2.14. The summed E-state index contributed by atoms with van der Waals surface area (Å²) in [5, 5.41) is 8.91. The van der Waals surface area contributed by atoms with E-state index in [0.29, 0.717) is 5.69 Å². The van der Waals surface area contributed by atoms with E-state index in [1.165, 1.54) is 0 Å². The molecule has 1 aromatic heterocycles. The number of aromatic nitrogens is 1. The summed E-state index contributed by atoms with van der Waals surface area (Å²) in [6.45, 7) is 2.95. The number of oxazole rings is 1. The number of carboxylic acids is 1. The van der Waals surface area contributed by atoms with E-state index in [0.717, 1.165) is 0 Å². The molecule has 1 N–H and O–H groups in total. The molecule has 0 unspecified atom stereocenters. The first-order valence-corrected chi connectivity index (χ1v) is 5.50. The van der Waals surface area contributed by atoms with Crippen molar-refractivity contribution in [2.45, 2.75) is 32.6 Å². The molecule has 1 aromatic rings. The highest BCUT2D eigenvalue weighted by Crippen LogP contribution is 2.20. The van der Waals surface area contributed by atoms with Crippen molar-refractivity contribution >= 4 is 5.97 Å². The van der Waals surface area contributed by atoms with Crippen molar-refractivity contribution in [3.8, 4) is 0 Å². The summed E-state index contributed by atoms with van der Waals surface area (Å²) >= 11 is 0. The van der Waals surface area contributed by atoms with E-state index in [1.807, 2.05) is 0 Å². The molecule has 1 heterocycles. The summed E-state index contributed by atoms with van der Waals surface area (Å²) in [5.74, 6) is -1.29. The molecule has 0 spiro atoms. The quantitative estimate of drug-likeness (QED) is 0.764. The molecule has 0 aromatic carbocycles. The number of hydrogen-bond acceptors (Lipinski definition) is 4. The van der Waals surface area contributed by atoms with Crippen molar-refractivity contribution in [2.75, 3.05) is 13.2 Å². The molecule has 0 aliphatic rings. The number of nitrogens with zero attached hydrogens (tertiary/aromatic N) is 1. The Morgan fingerprint density at radius 3 is 2.61 bits per heavy atom. The topological polar surface area (TPSA) is 72.6 Å². The van der Waals surface area contributed by atoms with Gasteiger partial charge in [-0.15, -0.1) is 0 Å². The van der Waals surface area contributed by atoms with Crippen LogP contribution in [-0.4, -0.2) is 35.7 Å². The van der Waals surface area contributed by atoms with Crippen LogP contribution in [0.1, 0.15) is 41.9 Å². The van der Waals surface area contributed by atoms with Gasteiger partial charge in [0.2, 0.25) is 5.76 Å². The summed E-state index contributed by atoms with van der Waals surface area (Å²) in [4.78, 5) is 14.9. The van der Waals surface area contributed by atoms with Crippen molar-refractivity contribution in [1.82, 2.24) is 4.98 Å². The van der Waals surface area contributed by atoms with Crippen molar-refractivity contribution in [3.05, 3.63) is 17.3 Å². The first-order chi connectivity index (χ1) is 8.41. The van der Waals surface area contributed by atoms with Gasteiger partial charge in [0.1, 0.15) is 6.61 Å². The Bertz CT molecular complexity index is 404. The normalized spacial score (nSPS) is 11.4. The number of halogens is 2. The fraction of sp³-hybridized carbons (Fsp3) is 0.636. The van der Waals surface area contributed by atoms with Gasteiger partial charge in [-0.25, -0.2) is 18.6 Å². The summed E-state index contributed by atoms with van der Waals surface area (Å²) in [5.41, 5.74) is 0.353. The van der Waals surface area contributed by atoms with E-state index >= 15 is 0 Å². The molecular weight excluding hydrogens is 248 g/mol. The molecule has 18 heavy (non-hydrogen) atoms. The third kappa shape index (κ3) is 4.06. The van der Waals surface area contributed by atoms with E-state index in [1.54, 1.807) is 13.8 Å². The largest absolute Gasteiger partial charge is 0.475 e. The van der Waals surface area contributed by atoms with Crippen LogP contribution in [-0.2, 0) is 11.2 Å². The van der Waals surface area contributed by atoms with Gasteiger partial charge in [-0.3, -0.25) is 0 Å². The second-order valence-electron chi connectivity index (χ2n) is 4.00. The van der Waals surface area contributed by atoms with Crippen LogP contribution in [0.3, 0.4) is 0 Å². The monoisotopic (exact) mass is 263 g/mol. The van der Waals surface area contributed by atoms with Gasteiger partial charge in [0.15, 0.2) is 5.89 Å². The van der Waals surface area contributed by atoms with Crippen LogP contribution in [0.2, 0.25) is 0 Å². The van der Waals surface area contributed by atoms with Crippen LogP contribution < -0.4 is 0 Å². The maximum absolute atomic E-state index is 11.8. The lowest BCUT2D eigenvalue weighted by Crippen LogP contribution is -2.07. The van der Waals surface area contributed by atoms with E-state index in [2.05, 4.69) is 9.72 Å². The Balaban J connectivity index is 2.62. The number of rotatable bonds is 7. The van der Waals surface area contributed by atoms with E-state index < -0.39 is 19.0 Å². The van der Waals surface area contributed by atoms with Gasteiger partial charge in [-0.1, -0.05) is 13.8 Å². The Morgan fingerprint density at radius 2 is 2.17 bits per heavy atom. The maximum atomic E-state index is 11.8. The molecule has 0 atom stereocenters. The van der Waals surface area contributed by atoms with Crippen LogP contribution in [0.25, 0.3) is 0 Å². The Morgan fingerprint density at radius 1 is 1.50 bits per heavy atom. The van der Waals surface area contributed by atoms with Gasteiger partial charge in [-0.2, -0.15) is 0 Å². The Kier molecular flexibility index (Phi) is 5.21. The number of carbonyl (C=O) groups is 1. The molecule has 0 saturated carbocycles. The van der Waals surface area contributed by atoms with Crippen LogP contribution in [0.4, 0.5) is 8.78 Å². The average molecular weight is 263 g/mol. The van der Waals surface area contributed by atoms with E-state index in [-0.39, 0.29) is 30.6 Å². The number of aromatic carboxylic acids is 1.